The number of likely N-dealkylation sites (N-methyl/N-ethyl adjacent to an activating group) is 1. The highest BCUT2D eigenvalue weighted by Crippen LogP contribution is 2.39. The van der Waals surface area contributed by atoms with Crippen LogP contribution < -0.4 is 0 Å². The van der Waals surface area contributed by atoms with E-state index in [-0.39, 0.29) is 0 Å². The number of ketones is 1. The quantitative estimate of drug-likeness (QED) is 0.509. The van der Waals surface area contributed by atoms with Gasteiger partial charge in [-0.05, 0) is 70.5 Å². The van der Waals surface area contributed by atoms with Crippen LogP contribution in [0.25, 0.3) is 0 Å². The lowest BCUT2D eigenvalue weighted by molar-refractivity contribution is -0.133. The van der Waals surface area contributed by atoms with E-state index in [9.17, 15) is 9.59 Å². The maximum atomic E-state index is 13.2. The van der Waals surface area contributed by atoms with E-state index in [0.29, 0.717) is 42.4 Å². The Morgan fingerprint density at radius 3 is 2.50 bits per heavy atom. The van der Waals surface area contributed by atoms with E-state index in [4.69, 9.17) is 0 Å². The molecule has 6 heteroatoms. The molecule has 0 unspecified atom stereocenters. The SMILES string of the molecule is CCCN1C[C@@H](CC(=O)N(CC)CCN2CCCCC2)C[C@@H]2CC(=O)C(=CN(C)C)C[C@H]21. The van der Waals surface area contributed by atoms with Gasteiger partial charge in [0.25, 0.3) is 0 Å². The fourth-order valence-electron chi connectivity index (χ4n) is 6.06. The minimum atomic E-state index is 0.305. The van der Waals surface area contributed by atoms with E-state index in [1.54, 1.807) is 0 Å². The van der Waals surface area contributed by atoms with E-state index in [0.717, 1.165) is 57.6 Å². The molecule has 182 valence electrons. The number of hydrogen-bond donors (Lipinski definition) is 0. The maximum absolute atomic E-state index is 13.2. The molecule has 2 heterocycles. The molecule has 6 nitrogen and oxygen atoms in total. The largest absolute Gasteiger partial charge is 0.383 e. The third-order valence-electron chi connectivity index (χ3n) is 7.63. The van der Waals surface area contributed by atoms with Crippen LogP contribution in [0.5, 0.6) is 0 Å². The molecule has 2 aliphatic heterocycles. The maximum Gasteiger partial charge on any atom is 0.222 e. The van der Waals surface area contributed by atoms with Gasteiger partial charge in [0.1, 0.15) is 0 Å². The number of rotatable bonds is 9. The van der Waals surface area contributed by atoms with Gasteiger partial charge in [0.05, 0.1) is 0 Å². The molecule has 0 aromatic rings. The fraction of sp³-hybridized carbons (Fsp3) is 0.846. The summed E-state index contributed by atoms with van der Waals surface area (Å²) in [6, 6.07) is 0.451. The third kappa shape index (κ3) is 6.80. The third-order valence-corrected chi connectivity index (χ3v) is 7.63. The number of fused-ring (bicyclic) bond motifs is 1. The van der Waals surface area contributed by atoms with Crippen molar-refractivity contribution in [1.29, 1.82) is 0 Å². The van der Waals surface area contributed by atoms with Gasteiger partial charge >= 0.3 is 0 Å². The van der Waals surface area contributed by atoms with Gasteiger partial charge in [-0.3, -0.25) is 14.5 Å². The first-order valence-corrected chi connectivity index (χ1v) is 13.1. The number of likely N-dealkylation sites (tertiary alicyclic amines) is 2. The molecule has 1 saturated carbocycles. The highest BCUT2D eigenvalue weighted by Gasteiger charge is 2.41. The van der Waals surface area contributed by atoms with E-state index >= 15 is 0 Å². The number of carbonyl (C=O) groups excluding carboxylic acids is 2. The lowest BCUT2D eigenvalue weighted by atomic mass is 9.72. The van der Waals surface area contributed by atoms with Crippen molar-refractivity contribution in [2.45, 2.75) is 71.3 Å². The smallest absolute Gasteiger partial charge is 0.222 e. The van der Waals surface area contributed by atoms with Crippen LogP contribution in [-0.2, 0) is 9.59 Å². The first-order chi connectivity index (χ1) is 15.4. The molecule has 1 aliphatic carbocycles. The second-order valence-electron chi connectivity index (χ2n) is 10.5. The minimum absolute atomic E-state index is 0.305. The number of carbonyl (C=O) groups is 2. The molecule has 1 amide bonds. The molecule has 3 rings (SSSR count). The summed E-state index contributed by atoms with van der Waals surface area (Å²) in [7, 11) is 3.98. The molecule has 0 spiro atoms. The highest BCUT2D eigenvalue weighted by molar-refractivity contribution is 5.96. The zero-order valence-electron chi connectivity index (χ0n) is 21.0. The lowest BCUT2D eigenvalue weighted by Gasteiger charge is -2.47. The summed E-state index contributed by atoms with van der Waals surface area (Å²) in [5, 5.41) is 0. The van der Waals surface area contributed by atoms with Crippen molar-refractivity contribution in [2.75, 3.05) is 59.9 Å². The predicted octanol–water partition coefficient (Wildman–Crippen LogP) is 3.24. The summed E-state index contributed by atoms with van der Waals surface area (Å²) in [6.45, 7) is 11.4. The summed E-state index contributed by atoms with van der Waals surface area (Å²) in [5.74, 6) is 1.37. The molecular weight excluding hydrogens is 400 g/mol. The van der Waals surface area contributed by atoms with Gasteiger partial charge in [-0.25, -0.2) is 0 Å². The Kier molecular flexibility index (Phi) is 9.60. The normalized spacial score (nSPS) is 28.6. The van der Waals surface area contributed by atoms with Crippen LogP contribution in [-0.4, -0.2) is 97.2 Å². The molecule has 32 heavy (non-hydrogen) atoms. The Bertz CT molecular complexity index is 656. The van der Waals surface area contributed by atoms with Crippen LogP contribution >= 0.6 is 0 Å². The van der Waals surface area contributed by atoms with Gasteiger partial charge in [-0.15, -0.1) is 0 Å². The van der Waals surface area contributed by atoms with Crippen molar-refractivity contribution >= 4 is 11.7 Å². The first-order valence-electron chi connectivity index (χ1n) is 13.1. The summed E-state index contributed by atoms with van der Waals surface area (Å²) >= 11 is 0. The Hall–Kier alpha value is -1.40. The molecule has 0 radical (unpaired) electrons. The molecule has 3 aliphatic rings. The van der Waals surface area contributed by atoms with Gasteiger partial charge in [-0.1, -0.05) is 13.3 Å². The van der Waals surface area contributed by atoms with E-state index in [1.165, 1.54) is 32.4 Å². The first kappa shape index (κ1) is 25.2. The van der Waals surface area contributed by atoms with Crippen molar-refractivity contribution in [2.24, 2.45) is 11.8 Å². The average Bonchev–Trinajstić information content (AvgIpc) is 2.76. The van der Waals surface area contributed by atoms with Crippen LogP contribution in [0.1, 0.15) is 65.2 Å². The van der Waals surface area contributed by atoms with Crippen molar-refractivity contribution < 1.29 is 9.59 Å². The van der Waals surface area contributed by atoms with Crippen LogP contribution in [0.4, 0.5) is 0 Å². The Labute approximate surface area is 196 Å². The van der Waals surface area contributed by atoms with Gasteiger partial charge in [0.2, 0.25) is 5.91 Å². The molecular formula is C26H46N4O2. The lowest BCUT2D eigenvalue weighted by Crippen LogP contribution is -2.52. The van der Waals surface area contributed by atoms with Gasteiger partial charge in [0, 0.05) is 70.9 Å². The Balaban J connectivity index is 1.58. The van der Waals surface area contributed by atoms with Crippen molar-refractivity contribution in [3.63, 3.8) is 0 Å². The number of piperidine rings is 2. The number of nitrogens with zero attached hydrogens (tertiary/aromatic N) is 4. The fourth-order valence-corrected chi connectivity index (χ4v) is 6.06. The Morgan fingerprint density at radius 2 is 1.84 bits per heavy atom. The van der Waals surface area contributed by atoms with Crippen molar-refractivity contribution in [3.05, 3.63) is 11.8 Å². The summed E-state index contributed by atoms with van der Waals surface area (Å²) in [5.41, 5.74) is 0.974. The highest BCUT2D eigenvalue weighted by atomic mass is 16.2. The van der Waals surface area contributed by atoms with Gasteiger partial charge in [0.15, 0.2) is 5.78 Å². The minimum Gasteiger partial charge on any atom is -0.383 e. The molecule has 2 saturated heterocycles. The zero-order valence-corrected chi connectivity index (χ0v) is 21.0. The van der Waals surface area contributed by atoms with Crippen LogP contribution in [0.2, 0.25) is 0 Å². The topological polar surface area (TPSA) is 47.1 Å². The molecule has 0 aromatic heterocycles. The molecule has 0 aromatic carbocycles. The summed E-state index contributed by atoms with van der Waals surface area (Å²) < 4.78 is 0. The van der Waals surface area contributed by atoms with E-state index in [2.05, 4.69) is 28.5 Å². The van der Waals surface area contributed by atoms with E-state index < -0.39 is 0 Å². The number of Topliss-reactive ketones (excluding diaryl/α,β-unsaturated/α-hetero) is 1. The van der Waals surface area contributed by atoms with Crippen LogP contribution in [0.15, 0.2) is 11.8 Å². The predicted molar refractivity (Wildman–Crippen MR) is 130 cm³/mol. The summed E-state index contributed by atoms with van der Waals surface area (Å²) in [4.78, 5) is 35.1. The summed E-state index contributed by atoms with van der Waals surface area (Å²) in [6.07, 6.45) is 10.2. The van der Waals surface area contributed by atoms with Crippen molar-refractivity contribution in [1.82, 2.24) is 19.6 Å². The number of hydrogen-bond acceptors (Lipinski definition) is 5. The zero-order chi connectivity index (χ0) is 23.1. The van der Waals surface area contributed by atoms with Crippen molar-refractivity contribution in [3.8, 4) is 0 Å². The van der Waals surface area contributed by atoms with Gasteiger partial charge in [-0.2, -0.15) is 0 Å². The molecule has 3 fully saturated rings. The number of amides is 1. The van der Waals surface area contributed by atoms with Gasteiger partial charge < -0.3 is 14.7 Å². The van der Waals surface area contributed by atoms with Crippen LogP contribution in [0.3, 0.4) is 0 Å². The standard InChI is InChI=1S/C26H46N4O2/c1-5-10-30-19-21(15-22-18-25(31)23(17-24(22)30)20-27(3)4)16-26(32)29(6-2)14-13-28-11-8-7-9-12-28/h20-22,24H,5-19H2,1-4H3/t21-,22-,24-/m1/s1. The average molecular weight is 447 g/mol. The molecule has 0 N–H and O–H groups in total. The monoisotopic (exact) mass is 446 g/mol. The molecule has 0 bridgehead atoms. The second-order valence-corrected chi connectivity index (χ2v) is 10.5. The van der Waals surface area contributed by atoms with Crippen LogP contribution in [0, 0.1) is 11.8 Å². The molecule has 3 atom stereocenters. The van der Waals surface area contributed by atoms with E-state index in [1.807, 2.05) is 25.2 Å². The second kappa shape index (κ2) is 12.2. The Morgan fingerprint density at radius 1 is 1.09 bits per heavy atom.